The van der Waals surface area contributed by atoms with Gasteiger partial charge in [0.05, 0.1) is 11.0 Å². The summed E-state index contributed by atoms with van der Waals surface area (Å²) in [6.07, 6.45) is -4.60. The maximum atomic E-state index is 13.0. The van der Waals surface area contributed by atoms with Crippen molar-refractivity contribution in [1.29, 1.82) is 0 Å². The maximum Gasteiger partial charge on any atom is 0.404 e. The number of ether oxygens (including phenoxy) is 4. The molecule has 1 aromatic heterocycles. The third-order valence-corrected chi connectivity index (χ3v) is 7.50. The molecule has 1 aliphatic heterocycles. The second-order valence-corrected chi connectivity index (χ2v) is 11.7. The van der Waals surface area contributed by atoms with E-state index < -0.39 is 59.3 Å². The molecule has 0 radical (unpaired) electrons. The van der Waals surface area contributed by atoms with Gasteiger partial charge in [0.1, 0.15) is 23.2 Å². The SMILES string of the molecule is CO[C@@H]1[C@@H](OC(N)=O)[C@@H](O)[C@@H](Oc2ccc3c(O)c(NC(=O)c4cc(O)cc(CCC(C)C)c4)c(=O)oc3c2C)OC1(C)C. The quantitative estimate of drug-likeness (QED) is 0.220. The van der Waals surface area contributed by atoms with Crippen molar-refractivity contribution in [3.8, 4) is 17.2 Å². The number of aliphatic hydroxyl groups is 1. The minimum absolute atomic E-state index is 0.0411. The fourth-order valence-electron chi connectivity index (χ4n) is 5.26. The van der Waals surface area contributed by atoms with Crippen LogP contribution < -0.4 is 21.4 Å². The minimum atomic E-state index is -1.52. The van der Waals surface area contributed by atoms with E-state index in [2.05, 4.69) is 19.2 Å². The number of primary amides is 1. The topological polar surface area (TPSA) is 200 Å². The first-order valence-corrected chi connectivity index (χ1v) is 14.1. The number of rotatable bonds is 9. The zero-order valence-electron chi connectivity index (χ0n) is 25.4. The van der Waals surface area contributed by atoms with Crippen LogP contribution in [0.5, 0.6) is 17.2 Å². The molecule has 1 aliphatic rings. The van der Waals surface area contributed by atoms with Crippen LogP contribution in [0.15, 0.2) is 39.5 Å². The molecule has 238 valence electrons. The average molecular weight is 615 g/mol. The van der Waals surface area contributed by atoms with E-state index in [0.717, 1.165) is 12.0 Å². The fraction of sp³-hybridized carbons (Fsp3) is 0.452. The average Bonchev–Trinajstić information content (AvgIpc) is 2.93. The maximum absolute atomic E-state index is 13.0. The summed E-state index contributed by atoms with van der Waals surface area (Å²) in [6.45, 7) is 9.00. The van der Waals surface area contributed by atoms with Gasteiger partial charge < -0.3 is 49.7 Å². The Bertz CT molecular complexity index is 1610. The molecule has 0 unspecified atom stereocenters. The van der Waals surface area contributed by atoms with Crippen molar-refractivity contribution in [2.45, 2.75) is 77.7 Å². The van der Waals surface area contributed by atoms with Gasteiger partial charge in [0.25, 0.3) is 5.91 Å². The molecular weight excluding hydrogens is 576 g/mol. The molecule has 0 bridgehead atoms. The lowest BCUT2D eigenvalue weighted by atomic mass is 9.89. The summed E-state index contributed by atoms with van der Waals surface area (Å²) in [5.74, 6) is -0.814. The number of carbonyl (C=O) groups is 2. The number of anilines is 1. The van der Waals surface area contributed by atoms with Crippen molar-refractivity contribution in [2.75, 3.05) is 12.4 Å². The first-order chi connectivity index (χ1) is 20.6. The second-order valence-electron chi connectivity index (χ2n) is 11.7. The predicted octanol–water partition coefficient (Wildman–Crippen LogP) is 3.71. The first kappa shape index (κ1) is 32.6. The van der Waals surface area contributed by atoms with Crippen LogP contribution in [-0.4, -0.2) is 64.6 Å². The number of benzene rings is 2. The minimum Gasteiger partial charge on any atom is -0.508 e. The van der Waals surface area contributed by atoms with Gasteiger partial charge in [-0.05, 0) is 75.4 Å². The number of phenols is 1. The van der Waals surface area contributed by atoms with Crippen LogP contribution in [0.25, 0.3) is 11.0 Å². The zero-order chi connectivity index (χ0) is 32.5. The van der Waals surface area contributed by atoms with Crippen LogP contribution in [0.2, 0.25) is 0 Å². The molecule has 0 spiro atoms. The van der Waals surface area contributed by atoms with Crippen LogP contribution in [0.1, 0.15) is 55.6 Å². The van der Waals surface area contributed by atoms with Crippen molar-refractivity contribution in [3.63, 3.8) is 0 Å². The van der Waals surface area contributed by atoms with E-state index in [4.69, 9.17) is 29.1 Å². The molecule has 13 nitrogen and oxygen atoms in total. The fourth-order valence-corrected chi connectivity index (χ4v) is 5.26. The summed E-state index contributed by atoms with van der Waals surface area (Å²) in [5.41, 5.74) is 3.68. The molecule has 0 saturated carbocycles. The normalized spacial score (nSPS) is 21.3. The summed E-state index contributed by atoms with van der Waals surface area (Å²) in [4.78, 5) is 37.5. The number of nitrogens with two attached hydrogens (primary N) is 1. The standard InChI is InChI=1S/C31H38N2O11/c1-14(2)7-8-16-11-17(13-18(34)12-16)27(37)33-21-22(35)19-9-10-20(15(3)24(19)42-28(21)38)41-29-23(36)25(43-30(32)39)26(40-6)31(4,5)44-29/h9-14,23,25-26,29,34-36H,7-8H2,1-6H3,(H2,32,39)(H,33,37)/t23-,25+,26-,29+/m1/s1. The second kappa shape index (κ2) is 12.7. The van der Waals surface area contributed by atoms with Crippen molar-refractivity contribution < 1.29 is 48.3 Å². The number of methoxy groups -OCH3 is 1. The number of fused-ring (bicyclic) bond motifs is 1. The van der Waals surface area contributed by atoms with Gasteiger partial charge in [-0.3, -0.25) is 4.79 Å². The number of amides is 2. The van der Waals surface area contributed by atoms with E-state index in [-0.39, 0.29) is 33.6 Å². The van der Waals surface area contributed by atoms with E-state index in [1.54, 1.807) is 32.9 Å². The van der Waals surface area contributed by atoms with E-state index in [1.165, 1.54) is 25.3 Å². The Morgan fingerprint density at radius 2 is 1.86 bits per heavy atom. The monoisotopic (exact) mass is 614 g/mol. The van der Waals surface area contributed by atoms with Gasteiger partial charge in [-0.2, -0.15) is 0 Å². The van der Waals surface area contributed by atoms with Crippen LogP contribution >= 0.6 is 0 Å². The molecule has 2 aromatic carbocycles. The van der Waals surface area contributed by atoms with Gasteiger partial charge in [0, 0.05) is 18.2 Å². The van der Waals surface area contributed by atoms with Crippen molar-refractivity contribution in [1.82, 2.24) is 0 Å². The van der Waals surface area contributed by atoms with E-state index in [1.807, 2.05) is 0 Å². The molecule has 2 amide bonds. The lowest BCUT2D eigenvalue weighted by Crippen LogP contribution is -2.65. The molecule has 1 saturated heterocycles. The Kier molecular flexibility index (Phi) is 9.42. The highest BCUT2D eigenvalue weighted by atomic mass is 16.7. The molecule has 2 heterocycles. The van der Waals surface area contributed by atoms with Gasteiger partial charge in [-0.1, -0.05) is 13.8 Å². The molecule has 13 heteroatoms. The van der Waals surface area contributed by atoms with Crippen LogP contribution in [-0.2, 0) is 20.6 Å². The van der Waals surface area contributed by atoms with Crippen LogP contribution in [0.3, 0.4) is 0 Å². The summed E-state index contributed by atoms with van der Waals surface area (Å²) in [7, 11) is 1.37. The Labute approximate surface area is 253 Å². The summed E-state index contributed by atoms with van der Waals surface area (Å²) >= 11 is 0. The smallest absolute Gasteiger partial charge is 0.404 e. The van der Waals surface area contributed by atoms with Gasteiger partial charge in [0.2, 0.25) is 6.29 Å². The number of hydrogen-bond donors (Lipinski definition) is 5. The summed E-state index contributed by atoms with van der Waals surface area (Å²) < 4.78 is 27.9. The Hall–Kier alpha value is -4.33. The molecule has 4 atom stereocenters. The highest BCUT2D eigenvalue weighted by Crippen LogP contribution is 2.38. The van der Waals surface area contributed by atoms with E-state index in [9.17, 15) is 29.7 Å². The van der Waals surface area contributed by atoms with Crippen LogP contribution in [0, 0.1) is 12.8 Å². The van der Waals surface area contributed by atoms with Crippen LogP contribution in [0.4, 0.5) is 10.5 Å². The number of aromatic hydroxyl groups is 2. The number of nitrogens with one attached hydrogen (secondary N) is 1. The lowest BCUT2D eigenvalue weighted by molar-refractivity contribution is -0.304. The highest BCUT2D eigenvalue weighted by molar-refractivity contribution is 6.06. The Balaban J connectivity index is 1.62. The van der Waals surface area contributed by atoms with Crippen molar-refractivity contribution in [2.24, 2.45) is 11.7 Å². The van der Waals surface area contributed by atoms with Crippen molar-refractivity contribution in [3.05, 3.63) is 57.4 Å². The number of carbonyl (C=O) groups excluding carboxylic acids is 2. The first-order valence-electron chi connectivity index (χ1n) is 14.1. The molecule has 0 aliphatic carbocycles. The Morgan fingerprint density at radius 1 is 1.16 bits per heavy atom. The number of hydrogen-bond acceptors (Lipinski definition) is 11. The summed E-state index contributed by atoms with van der Waals surface area (Å²) in [5, 5.41) is 34.6. The molecule has 4 rings (SSSR count). The largest absolute Gasteiger partial charge is 0.508 e. The van der Waals surface area contributed by atoms with Gasteiger partial charge >= 0.3 is 11.7 Å². The lowest BCUT2D eigenvalue weighted by Gasteiger charge is -2.47. The van der Waals surface area contributed by atoms with Gasteiger partial charge in [-0.15, -0.1) is 0 Å². The van der Waals surface area contributed by atoms with Crippen molar-refractivity contribution >= 4 is 28.7 Å². The molecule has 1 fully saturated rings. The molecule has 6 N–H and O–H groups in total. The number of aliphatic hydroxyl groups excluding tert-OH is 1. The third kappa shape index (κ3) is 6.74. The Morgan fingerprint density at radius 3 is 2.50 bits per heavy atom. The zero-order valence-corrected chi connectivity index (χ0v) is 25.4. The summed E-state index contributed by atoms with van der Waals surface area (Å²) in [6, 6.07) is 7.30. The molecule has 44 heavy (non-hydrogen) atoms. The third-order valence-electron chi connectivity index (χ3n) is 7.50. The molecule has 3 aromatic rings. The van der Waals surface area contributed by atoms with E-state index in [0.29, 0.717) is 12.3 Å². The highest BCUT2D eigenvalue weighted by Gasteiger charge is 2.53. The van der Waals surface area contributed by atoms with E-state index >= 15 is 0 Å². The predicted molar refractivity (Wildman–Crippen MR) is 159 cm³/mol. The number of phenolic OH excluding ortho intramolecular Hbond substituents is 1. The number of aryl methyl sites for hydroxylation is 2. The van der Waals surface area contributed by atoms with Gasteiger partial charge in [0.15, 0.2) is 23.6 Å². The molecular formula is C31H38N2O11. The van der Waals surface area contributed by atoms with Gasteiger partial charge in [-0.25, -0.2) is 9.59 Å².